The van der Waals surface area contributed by atoms with Crippen LogP contribution in [0.25, 0.3) is 0 Å². The molecule has 0 aromatic heterocycles. The number of likely N-dealkylation sites (tertiary alicyclic amines) is 1. The summed E-state index contributed by atoms with van der Waals surface area (Å²) in [5.41, 5.74) is 2.96. The lowest BCUT2D eigenvalue weighted by Gasteiger charge is -2.15. The summed E-state index contributed by atoms with van der Waals surface area (Å²) in [5.74, 6) is 0. The van der Waals surface area contributed by atoms with Gasteiger partial charge >= 0.3 is 0 Å². The van der Waals surface area contributed by atoms with E-state index in [0.29, 0.717) is 6.04 Å². The van der Waals surface area contributed by atoms with Gasteiger partial charge in [-0.2, -0.15) is 0 Å². The second-order valence-corrected chi connectivity index (χ2v) is 5.69. The molecule has 0 radical (unpaired) electrons. The Morgan fingerprint density at radius 1 is 1.06 bits per heavy atom. The van der Waals surface area contributed by atoms with E-state index in [9.17, 15) is 0 Å². The summed E-state index contributed by atoms with van der Waals surface area (Å²) < 4.78 is 0. The molecule has 2 aliphatic heterocycles. The smallest absolute Gasteiger partial charge is 0.0320 e. The Hall–Kier alpha value is -0.860. The zero-order valence-corrected chi connectivity index (χ0v) is 11.2. The van der Waals surface area contributed by atoms with Gasteiger partial charge in [0.05, 0.1) is 0 Å². The maximum atomic E-state index is 3.56. The number of rotatable bonds is 4. The van der Waals surface area contributed by atoms with Crippen molar-refractivity contribution in [1.82, 2.24) is 10.2 Å². The Balaban J connectivity index is 1.53. The molecule has 1 atom stereocenters. The molecule has 0 saturated carbocycles. The molecule has 0 spiro atoms. The van der Waals surface area contributed by atoms with E-state index in [1.807, 2.05) is 0 Å². The van der Waals surface area contributed by atoms with Gasteiger partial charge in [0, 0.05) is 12.6 Å². The number of hydrogen-bond acceptors (Lipinski definition) is 2. The fraction of sp³-hybridized carbons (Fsp3) is 0.625. The van der Waals surface area contributed by atoms with E-state index in [4.69, 9.17) is 0 Å². The second-order valence-electron chi connectivity index (χ2n) is 5.69. The molecule has 2 heterocycles. The first-order valence-electron chi connectivity index (χ1n) is 7.46. The summed E-state index contributed by atoms with van der Waals surface area (Å²) in [7, 11) is 0. The highest BCUT2D eigenvalue weighted by atomic mass is 15.1. The Bertz CT molecular complexity index is 359. The van der Waals surface area contributed by atoms with Gasteiger partial charge in [0.2, 0.25) is 0 Å². The number of nitrogens with one attached hydrogen (secondary N) is 1. The van der Waals surface area contributed by atoms with Gasteiger partial charge in [-0.1, -0.05) is 24.3 Å². The van der Waals surface area contributed by atoms with Crippen molar-refractivity contribution in [3.63, 3.8) is 0 Å². The molecule has 18 heavy (non-hydrogen) atoms. The van der Waals surface area contributed by atoms with Gasteiger partial charge in [0.25, 0.3) is 0 Å². The van der Waals surface area contributed by atoms with Crippen LogP contribution in [-0.2, 0) is 6.42 Å². The van der Waals surface area contributed by atoms with Crippen molar-refractivity contribution in [1.29, 1.82) is 0 Å². The predicted molar refractivity (Wildman–Crippen MR) is 75.8 cm³/mol. The van der Waals surface area contributed by atoms with Crippen molar-refractivity contribution in [3.8, 4) is 0 Å². The first-order chi connectivity index (χ1) is 8.92. The lowest BCUT2D eigenvalue weighted by molar-refractivity contribution is 0.343. The summed E-state index contributed by atoms with van der Waals surface area (Å²) in [6, 6.07) is 9.90. The third kappa shape index (κ3) is 2.93. The lowest BCUT2D eigenvalue weighted by atomic mass is 10.0. The van der Waals surface area contributed by atoms with Crippen molar-refractivity contribution in [3.05, 3.63) is 35.4 Å². The molecule has 0 amide bonds. The van der Waals surface area contributed by atoms with Gasteiger partial charge in [0.1, 0.15) is 0 Å². The van der Waals surface area contributed by atoms with Crippen molar-refractivity contribution in [2.45, 2.75) is 38.1 Å². The first kappa shape index (κ1) is 12.2. The van der Waals surface area contributed by atoms with Crippen LogP contribution in [0.3, 0.4) is 0 Å². The highest BCUT2D eigenvalue weighted by Crippen LogP contribution is 2.23. The van der Waals surface area contributed by atoms with Gasteiger partial charge < -0.3 is 10.2 Å². The molecule has 2 nitrogen and oxygen atoms in total. The second kappa shape index (κ2) is 5.85. The highest BCUT2D eigenvalue weighted by molar-refractivity contribution is 5.25. The molecule has 1 aromatic rings. The van der Waals surface area contributed by atoms with Gasteiger partial charge in [0.15, 0.2) is 0 Å². The molecule has 1 unspecified atom stereocenters. The van der Waals surface area contributed by atoms with Crippen LogP contribution in [0, 0.1) is 0 Å². The van der Waals surface area contributed by atoms with Gasteiger partial charge in [-0.15, -0.1) is 0 Å². The number of hydrogen-bond donors (Lipinski definition) is 1. The Morgan fingerprint density at radius 2 is 1.83 bits per heavy atom. The van der Waals surface area contributed by atoms with Gasteiger partial charge in [-0.25, -0.2) is 0 Å². The molecule has 3 rings (SSSR count). The van der Waals surface area contributed by atoms with Crippen molar-refractivity contribution in [2.75, 3.05) is 26.2 Å². The van der Waals surface area contributed by atoms with Crippen molar-refractivity contribution >= 4 is 0 Å². The maximum absolute atomic E-state index is 3.56. The molecule has 2 heteroatoms. The van der Waals surface area contributed by atoms with Crippen molar-refractivity contribution in [2.24, 2.45) is 0 Å². The molecule has 0 aliphatic carbocycles. The topological polar surface area (TPSA) is 15.3 Å². The molecule has 2 aliphatic rings. The van der Waals surface area contributed by atoms with Crippen LogP contribution in [0.5, 0.6) is 0 Å². The quantitative estimate of drug-likeness (QED) is 0.876. The highest BCUT2D eigenvalue weighted by Gasteiger charge is 2.15. The zero-order valence-electron chi connectivity index (χ0n) is 11.2. The first-order valence-corrected chi connectivity index (χ1v) is 7.46. The van der Waals surface area contributed by atoms with Crippen LogP contribution >= 0.6 is 0 Å². The van der Waals surface area contributed by atoms with Crippen LogP contribution in [0.15, 0.2) is 24.3 Å². The van der Waals surface area contributed by atoms with Gasteiger partial charge in [-0.05, 0) is 62.9 Å². The fourth-order valence-electron chi connectivity index (χ4n) is 3.18. The Labute approximate surface area is 110 Å². The van der Waals surface area contributed by atoms with E-state index in [1.54, 1.807) is 0 Å². The summed E-state index contributed by atoms with van der Waals surface area (Å²) in [4.78, 5) is 2.59. The largest absolute Gasteiger partial charge is 0.310 e. The van der Waals surface area contributed by atoms with Crippen molar-refractivity contribution < 1.29 is 0 Å². The molecular weight excluding hydrogens is 220 g/mol. The molecule has 2 fully saturated rings. The molecule has 0 bridgehead atoms. The van der Waals surface area contributed by atoms with E-state index in [1.165, 1.54) is 69.4 Å². The summed E-state index contributed by atoms with van der Waals surface area (Å²) >= 11 is 0. The van der Waals surface area contributed by atoms with E-state index < -0.39 is 0 Å². The fourth-order valence-corrected chi connectivity index (χ4v) is 3.18. The minimum Gasteiger partial charge on any atom is -0.310 e. The van der Waals surface area contributed by atoms with Crippen LogP contribution in [0.1, 0.15) is 42.9 Å². The molecule has 98 valence electrons. The monoisotopic (exact) mass is 244 g/mol. The summed E-state index contributed by atoms with van der Waals surface area (Å²) in [6.07, 6.45) is 6.62. The Morgan fingerprint density at radius 3 is 2.50 bits per heavy atom. The third-order valence-electron chi connectivity index (χ3n) is 4.36. The molecule has 1 aromatic carbocycles. The summed E-state index contributed by atoms with van der Waals surface area (Å²) in [5, 5.41) is 3.56. The maximum Gasteiger partial charge on any atom is 0.0320 e. The van der Waals surface area contributed by atoms with Crippen LogP contribution in [0.4, 0.5) is 0 Å². The summed E-state index contributed by atoms with van der Waals surface area (Å²) in [6.45, 7) is 5.04. The number of nitrogens with zero attached hydrogens (tertiary/aromatic N) is 1. The SMILES string of the molecule is c1cc(C2CCCN2)ccc1CCN1CCCC1. The van der Waals surface area contributed by atoms with Gasteiger partial charge in [-0.3, -0.25) is 0 Å². The lowest BCUT2D eigenvalue weighted by Crippen LogP contribution is -2.21. The molecule has 2 saturated heterocycles. The Kier molecular flexibility index (Phi) is 3.96. The molecular formula is C16H24N2. The third-order valence-corrected chi connectivity index (χ3v) is 4.36. The van der Waals surface area contributed by atoms with Crippen LogP contribution in [0.2, 0.25) is 0 Å². The average molecular weight is 244 g/mol. The zero-order chi connectivity index (χ0) is 12.2. The van der Waals surface area contributed by atoms with E-state index in [-0.39, 0.29) is 0 Å². The van der Waals surface area contributed by atoms with E-state index >= 15 is 0 Å². The van der Waals surface area contributed by atoms with E-state index in [2.05, 4.69) is 34.5 Å². The standard InChI is InChI=1S/C16H24N2/c1-2-12-18(11-1)13-9-14-5-7-15(8-6-14)16-4-3-10-17-16/h5-8,16-17H,1-4,9-13H2. The normalized spacial score (nSPS) is 24.8. The van der Waals surface area contributed by atoms with E-state index in [0.717, 1.165) is 0 Å². The molecule has 1 N–H and O–H groups in total. The van der Waals surface area contributed by atoms with Crippen LogP contribution in [-0.4, -0.2) is 31.1 Å². The predicted octanol–water partition coefficient (Wildman–Crippen LogP) is 2.75. The average Bonchev–Trinajstić information content (AvgIpc) is 3.10. The van der Waals surface area contributed by atoms with Crippen LogP contribution < -0.4 is 5.32 Å². The number of benzene rings is 1. The minimum atomic E-state index is 0.609. The minimum absolute atomic E-state index is 0.609.